The summed E-state index contributed by atoms with van der Waals surface area (Å²) in [7, 11) is 1.78. The van der Waals surface area contributed by atoms with E-state index in [1.165, 1.54) is 10.8 Å². The van der Waals surface area contributed by atoms with Crippen molar-refractivity contribution in [2.75, 3.05) is 5.32 Å². The minimum absolute atomic E-state index is 0.0333. The van der Waals surface area contributed by atoms with E-state index in [0.717, 1.165) is 30.7 Å². The second-order valence-corrected chi connectivity index (χ2v) is 10.0. The number of hydrogen-bond donors (Lipinski definition) is 1. The van der Waals surface area contributed by atoms with Gasteiger partial charge in [-0.05, 0) is 37.5 Å². The fourth-order valence-electron chi connectivity index (χ4n) is 4.52. The van der Waals surface area contributed by atoms with Crippen molar-refractivity contribution in [1.29, 1.82) is 0 Å². The van der Waals surface area contributed by atoms with Crippen LogP contribution in [0.4, 0.5) is 24.8 Å². The third-order valence-corrected chi connectivity index (χ3v) is 7.12. The highest BCUT2D eigenvalue weighted by atomic mass is 35.5. The number of fused-ring (bicyclic) bond motifs is 1. The molecule has 1 saturated carbocycles. The molecule has 200 valence electrons. The fraction of sp³-hybridized carbons (Fsp3) is 0.269. The van der Waals surface area contributed by atoms with E-state index in [2.05, 4.69) is 25.5 Å². The third kappa shape index (κ3) is 4.99. The summed E-state index contributed by atoms with van der Waals surface area (Å²) in [5, 5.41) is 12.9. The predicted molar refractivity (Wildman–Crippen MR) is 139 cm³/mol. The summed E-state index contributed by atoms with van der Waals surface area (Å²) < 4.78 is 47.0. The zero-order valence-electron chi connectivity index (χ0n) is 20.7. The molecule has 0 saturated heterocycles. The van der Waals surface area contributed by atoms with E-state index in [1.54, 1.807) is 41.1 Å². The number of benzene rings is 2. The quantitative estimate of drug-likeness (QED) is 0.288. The Labute approximate surface area is 224 Å². The van der Waals surface area contributed by atoms with Crippen LogP contribution in [0.2, 0.25) is 5.02 Å². The number of nitrogens with one attached hydrogen (secondary N) is 1. The Hall–Kier alpha value is -4.19. The van der Waals surface area contributed by atoms with E-state index >= 15 is 0 Å². The molecule has 0 spiro atoms. The summed E-state index contributed by atoms with van der Waals surface area (Å²) in [5.41, 5.74) is 0.681. The van der Waals surface area contributed by atoms with E-state index < -0.39 is 23.0 Å². The normalized spacial score (nSPS) is 13.7. The zero-order valence-corrected chi connectivity index (χ0v) is 21.5. The molecule has 9 nitrogen and oxygen atoms in total. The molecular formula is C26H22ClF3N8O. The van der Waals surface area contributed by atoms with Gasteiger partial charge in [0.05, 0.1) is 28.8 Å². The first kappa shape index (κ1) is 25.1. The maximum atomic E-state index is 14.6. The molecule has 39 heavy (non-hydrogen) atoms. The van der Waals surface area contributed by atoms with E-state index in [0.29, 0.717) is 34.2 Å². The topological polar surface area (TPSA) is 95.5 Å². The van der Waals surface area contributed by atoms with Crippen molar-refractivity contribution in [1.82, 2.24) is 34.1 Å². The molecule has 0 bridgehead atoms. The van der Waals surface area contributed by atoms with Gasteiger partial charge in [0, 0.05) is 48.4 Å². The summed E-state index contributed by atoms with van der Waals surface area (Å²) >= 11 is 6.46. The standard InChI is InChI=1S/C26H22ClF3N8O/c1-36-10-15-6-23(18(27)8-22(15)34-36)32-26-33-25(39)16(7-24-31-13-38(35-24)17-3-2-4-17)12-37(26)11-14-5-20(29)21(30)9-19(14)28/h5-6,8-10,12-13,17H,2-4,7,11H2,1H3,(H,32,33,39). The number of aryl methyl sites for hydroxylation is 1. The van der Waals surface area contributed by atoms with Gasteiger partial charge in [0.1, 0.15) is 12.1 Å². The Kier molecular flexibility index (Phi) is 6.34. The Balaban J connectivity index is 1.39. The summed E-state index contributed by atoms with van der Waals surface area (Å²) in [5.74, 6) is -2.94. The van der Waals surface area contributed by atoms with Crippen LogP contribution in [0.15, 0.2) is 47.8 Å². The fourth-order valence-corrected chi connectivity index (χ4v) is 4.73. The highest BCUT2D eigenvalue weighted by Gasteiger charge is 2.21. The van der Waals surface area contributed by atoms with Crippen LogP contribution in [0.1, 0.15) is 42.3 Å². The van der Waals surface area contributed by atoms with Crippen LogP contribution in [-0.4, -0.2) is 34.1 Å². The average Bonchev–Trinajstić information content (AvgIpc) is 3.44. The first-order valence-corrected chi connectivity index (χ1v) is 12.6. The summed E-state index contributed by atoms with van der Waals surface area (Å²) in [6, 6.07) is 4.98. The molecule has 3 heterocycles. The lowest BCUT2D eigenvalue weighted by Gasteiger charge is -2.24. The lowest BCUT2D eigenvalue weighted by Crippen LogP contribution is -2.22. The molecule has 3 aromatic heterocycles. The summed E-state index contributed by atoms with van der Waals surface area (Å²) in [6.45, 7) is -0.248. The molecule has 13 heteroatoms. The van der Waals surface area contributed by atoms with Gasteiger partial charge in [0.25, 0.3) is 5.56 Å². The predicted octanol–water partition coefficient (Wildman–Crippen LogP) is 4.90. The molecule has 6 rings (SSSR count). The first-order chi connectivity index (χ1) is 18.7. The van der Waals surface area contributed by atoms with Crippen molar-refractivity contribution < 1.29 is 13.2 Å². The molecule has 1 fully saturated rings. The van der Waals surface area contributed by atoms with Gasteiger partial charge in [-0.1, -0.05) is 11.6 Å². The number of anilines is 2. The van der Waals surface area contributed by atoms with E-state index in [1.807, 2.05) is 0 Å². The Morgan fingerprint density at radius 3 is 2.59 bits per heavy atom. The maximum absolute atomic E-state index is 14.6. The second-order valence-electron chi connectivity index (χ2n) is 9.60. The van der Waals surface area contributed by atoms with E-state index in [4.69, 9.17) is 11.6 Å². The van der Waals surface area contributed by atoms with E-state index in [-0.39, 0.29) is 30.0 Å². The molecule has 0 radical (unpaired) electrons. The number of hydrogen-bond acceptors (Lipinski definition) is 6. The smallest absolute Gasteiger partial charge is 0.278 e. The minimum atomic E-state index is -1.29. The van der Waals surface area contributed by atoms with Crippen LogP contribution in [0.5, 0.6) is 0 Å². The molecule has 2 aromatic carbocycles. The van der Waals surface area contributed by atoms with Gasteiger partial charge in [0.15, 0.2) is 17.5 Å². The van der Waals surface area contributed by atoms with E-state index in [9.17, 15) is 18.0 Å². The van der Waals surface area contributed by atoms with Crippen LogP contribution in [0, 0.1) is 17.5 Å². The zero-order chi connectivity index (χ0) is 27.3. The molecule has 0 amide bonds. The first-order valence-electron chi connectivity index (χ1n) is 12.3. The number of rotatable bonds is 7. The Bertz CT molecular complexity index is 1780. The Morgan fingerprint density at radius 2 is 1.82 bits per heavy atom. The van der Waals surface area contributed by atoms with Gasteiger partial charge in [-0.2, -0.15) is 15.2 Å². The molecule has 0 atom stereocenters. The monoisotopic (exact) mass is 554 g/mol. The lowest BCUT2D eigenvalue weighted by molar-refractivity contribution is 0.288. The van der Waals surface area contributed by atoms with Crippen molar-refractivity contribution in [3.05, 3.63) is 92.8 Å². The third-order valence-electron chi connectivity index (χ3n) is 6.80. The van der Waals surface area contributed by atoms with Crippen molar-refractivity contribution >= 4 is 34.1 Å². The van der Waals surface area contributed by atoms with Crippen molar-refractivity contribution in [3.63, 3.8) is 0 Å². The SMILES string of the molecule is Cn1cc2cc(Nc3nc(=O)c(Cc4ncn(C5CCC5)n4)cn3Cc3cc(F)c(F)cc3F)c(Cl)cc2n1. The van der Waals surface area contributed by atoms with Crippen LogP contribution in [0.25, 0.3) is 10.9 Å². The number of aromatic nitrogens is 7. The van der Waals surface area contributed by atoms with Crippen LogP contribution in [0.3, 0.4) is 0 Å². The number of halogens is 4. The molecular weight excluding hydrogens is 533 g/mol. The van der Waals surface area contributed by atoms with Crippen molar-refractivity contribution in [2.24, 2.45) is 7.05 Å². The summed E-state index contributed by atoms with van der Waals surface area (Å²) in [4.78, 5) is 21.6. The highest BCUT2D eigenvalue weighted by Crippen LogP contribution is 2.31. The molecule has 1 aliphatic rings. The highest BCUT2D eigenvalue weighted by molar-refractivity contribution is 6.34. The molecule has 1 aliphatic carbocycles. The molecule has 5 aromatic rings. The van der Waals surface area contributed by atoms with Crippen molar-refractivity contribution in [3.8, 4) is 0 Å². The average molecular weight is 555 g/mol. The molecule has 0 aliphatic heterocycles. The van der Waals surface area contributed by atoms with Gasteiger partial charge in [-0.15, -0.1) is 0 Å². The van der Waals surface area contributed by atoms with Gasteiger partial charge >= 0.3 is 0 Å². The minimum Gasteiger partial charge on any atom is -0.324 e. The lowest BCUT2D eigenvalue weighted by atomic mass is 9.94. The van der Waals surface area contributed by atoms with Crippen LogP contribution >= 0.6 is 11.6 Å². The Morgan fingerprint density at radius 1 is 1.03 bits per heavy atom. The van der Waals surface area contributed by atoms with Gasteiger partial charge < -0.3 is 9.88 Å². The van der Waals surface area contributed by atoms with Gasteiger partial charge in [-0.3, -0.25) is 9.48 Å². The number of nitrogens with zero attached hydrogens (tertiary/aromatic N) is 7. The van der Waals surface area contributed by atoms with Crippen LogP contribution in [-0.2, 0) is 20.0 Å². The second kappa shape index (κ2) is 9.84. The van der Waals surface area contributed by atoms with Gasteiger partial charge in [-0.25, -0.2) is 22.8 Å². The molecule has 1 N–H and O–H groups in total. The van der Waals surface area contributed by atoms with Gasteiger partial charge in [0.2, 0.25) is 5.95 Å². The van der Waals surface area contributed by atoms with Crippen LogP contribution < -0.4 is 10.9 Å². The van der Waals surface area contributed by atoms with Crippen molar-refractivity contribution in [2.45, 2.75) is 38.3 Å². The molecule has 0 unspecified atom stereocenters. The maximum Gasteiger partial charge on any atom is 0.278 e. The summed E-state index contributed by atoms with van der Waals surface area (Å²) in [6.07, 6.45) is 8.23. The largest absolute Gasteiger partial charge is 0.324 e.